The van der Waals surface area contributed by atoms with Crippen molar-refractivity contribution in [1.82, 2.24) is 10.2 Å². The first-order valence-corrected chi connectivity index (χ1v) is 3.25. The van der Waals surface area contributed by atoms with Crippen LogP contribution in [0.4, 0.5) is 5.69 Å². The molecule has 0 aliphatic carbocycles. The molecule has 0 bridgehead atoms. The van der Waals surface area contributed by atoms with Crippen molar-refractivity contribution in [2.75, 3.05) is 5.32 Å². The second-order valence-corrected chi connectivity index (χ2v) is 2.26. The third-order valence-corrected chi connectivity index (χ3v) is 1.18. The highest BCUT2D eigenvalue weighted by Gasteiger charge is 2.06. The van der Waals surface area contributed by atoms with Gasteiger partial charge in [0, 0.05) is 6.20 Å². The fraction of sp³-hybridized carbons (Fsp3) is 0.333. The number of hydrogen-bond donors (Lipinski definition) is 3. The molecule has 0 aromatic carbocycles. The number of aromatic amines is 1. The van der Waals surface area contributed by atoms with E-state index in [1.54, 1.807) is 13.1 Å². The van der Waals surface area contributed by atoms with Crippen LogP contribution in [0.2, 0.25) is 0 Å². The predicted molar refractivity (Wildman–Crippen MR) is 40.9 cm³/mol. The summed E-state index contributed by atoms with van der Waals surface area (Å²) < 4.78 is 0. The number of nitrogens with zero attached hydrogens (tertiary/aromatic N) is 1. The molecule has 1 aromatic rings. The Labute approximate surface area is 64.0 Å². The fourth-order valence-corrected chi connectivity index (χ4v) is 0.575. The van der Waals surface area contributed by atoms with E-state index < -0.39 is 6.04 Å². The lowest BCUT2D eigenvalue weighted by atomic mass is 10.3. The standard InChI is InChI=1S/C6H10N4O/c1-4(7)6(11)10-5-2-8-9-3-5/h2-4H,7H2,1H3,(H,8,9)(H,10,11)/t4-/m0/s1. The zero-order valence-corrected chi connectivity index (χ0v) is 6.16. The van der Waals surface area contributed by atoms with Crippen LogP contribution in [0, 0.1) is 0 Å². The van der Waals surface area contributed by atoms with Crippen LogP contribution in [0.15, 0.2) is 12.4 Å². The molecule has 60 valence electrons. The summed E-state index contributed by atoms with van der Waals surface area (Å²) in [5.41, 5.74) is 5.94. The molecule has 0 saturated carbocycles. The van der Waals surface area contributed by atoms with E-state index in [-0.39, 0.29) is 5.91 Å². The summed E-state index contributed by atoms with van der Waals surface area (Å²) in [5, 5.41) is 8.79. The first-order valence-electron chi connectivity index (χ1n) is 3.25. The van der Waals surface area contributed by atoms with Gasteiger partial charge in [-0.05, 0) is 6.92 Å². The largest absolute Gasteiger partial charge is 0.322 e. The van der Waals surface area contributed by atoms with Gasteiger partial charge >= 0.3 is 0 Å². The van der Waals surface area contributed by atoms with E-state index in [1.165, 1.54) is 6.20 Å². The van der Waals surface area contributed by atoms with Crippen LogP contribution in [0.25, 0.3) is 0 Å². The highest BCUT2D eigenvalue weighted by molar-refractivity contribution is 5.94. The van der Waals surface area contributed by atoms with Gasteiger partial charge in [0.05, 0.1) is 17.9 Å². The van der Waals surface area contributed by atoms with Crippen molar-refractivity contribution in [2.45, 2.75) is 13.0 Å². The Kier molecular flexibility index (Phi) is 2.22. The summed E-state index contributed by atoms with van der Waals surface area (Å²) in [6.07, 6.45) is 3.10. The summed E-state index contributed by atoms with van der Waals surface area (Å²) in [4.78, 5) is 10.9. The van der Waals surface area contributed by atoms with Gasteiger partial charge in [0.2, 0.25) is 5.91 Å². The van der Waals surface area contributed by atoms with E-state index in [0.717, 1.165) is 0 Å². The van der Waals surface area contributed by atoms with Gasteiger partial charge in [-0.3, -0.25) is 9.89 Å². The third kappa shape index (κ3) is 2.05. The Bertz CT molecular complexity index is 229. The minimum absolute atomic E-state index is 0.216. The maximum Gasteiger partial charge on any atom is 0.241 e. The number of amides is 1. The number of hydrogen-bond acceptors (Lipinski definition) is 3. The van der Waals surface area contributed by atoms with Crippen LogP contribution in [0.3, 0.4) is 0 Å². The van der Waals surface area contributed by atoms with Crippen molar-refractivity contribution in [2.24, 2.45) is 5.73 Å². The average Bonchev–Trinajstić information content (AvgIpc) is 2.39. The van der Waals surface area contributed by atoms with Gasteiger partial charge in [-0.1, -0.05) is 0 Å². The summed E-state index contributed by atoms with van der Waals surface area (Å²) in [5.74, 6) is -0.216. The van der Waals surface area contributed by atoms with Crippen molar-refractivity contribution >= 4 is 11.6 Å². The molecule has 1 amide bonds. The molecule has 5 heteroatoms. The Morgan fingerprint density at radius 1 is 1.91 bits per heavy atom. The zero-order chi connectivity index (χ0) is 8.27. The third-order valence-electron chi connectivity index (χ3n) is 1.18. The summed E-state index contributed by atoms with van der Waals surface area (Å²) in [6.45, 7) is 1.62. The molecule has 1 aromatic heterocycles. The molecule has 1 rings (SSSR count). The Balaban J connectivity index is 2.50. The number of carbonyl (C=O) groups is 1. The molecule has 0 aliphatic heterocycles. The lowest BCUT2D eigenvalue weighted by Crippen LogP contribution is -2.32. The lowest BCUT2D eigenvalue weighted by Gasteiger charge is -2.03. The zero-order valence-electron chi connectivity index (χ0n) is 6.16. The molecule has 4 N–H and O–H groups in total. The molecule has 1 heterocycles. The lowest BCUT2D eigenvalue weighted by molar-refractivity contribution is -0.117. The molecule has 0 aliphatic rings. The summed E-state index contributed by atoms with van der Waals surface area (Å²) in [7, 11) is 0. The van der Waals surface area contributed by atoms with Gasteiger partial charge in [0.15, 0.2) is 0 Å². The maximum atomic E-state index is 10.9. The SMILES string of the molecule is C[C@H](N)C(=O)Nc1cn[nH]c1. The van der Waals surface area contributed by atoms with Gasteiger partial charge in [0.25, 0.3) is 0 Å². The fourth-order valence-electron chi connectivity index (χ4n) is 0.575. The van der Waals surface area contributed by atoms with Gasteiger partial charge < -0.3 is 11.1 Å². The normalized spacial score (nSPS) is 12.5. The van der Waals surface area contributed by atoms with Crippen LogP contribution < -0.4 is 11.1 Å². The quantitative estimate of drug-likeness (QED) is 0.546. The number of anilines is 1. The molecule has 1 atom stereocenters. The molecule has 11 heavy (non-hydrogen) atoms. The summed E-state index contributed by atoms with van der Waals surface area (Å²) in [6, 6.07) is -0.495. The second-order valence-electron chi connectivity index (χ2n) is 2.26. The molecule has 0 radical (unpaired) electrons. The van der Waals surface area contributed by atoms with Gasteiger partial charge in [-0.25, -0.2) is 0 Å². The minimum atomic E-state index is -0.495. The number of nitrogens with one attached hydrogen (secondary N) is 2. The van der Waals surface area contributed by atoms with Crippen molar-refractivity contribution in [1.29, 1.82) is 0 Å². The number of carbonyl (C=O) groups excluding carboxylic acids is 1. The van der Waals surface area contributed by atoms with Crippen LogP contribution in [-0.4, -0.2) is 22.1 Å². The van der Waals surface area contributed by atoms with Crippen molar-refractivity contribution < 1.29 is 4.79 Å². The number of H-pyrrole nitrogens is 1. The first kappa shape index (κ1) is 7.74. The van der Waals surface area contributed by atoms with Crippen LogP contribution >= 0.6 is 0 Å². The first-order chi connectivity index (χ1) is 5.20. The van der Waals surface area contributed by atoms with Crippen molar-refractivity contribution in [3.8, 4) is 0 Å². The number of rotatable bonds is 2. The van der Waals surface area contributed by atoms with Crippen LogP contribution in [0.5, 0.6) is 0 Å². The molecular formula is C6H10N4O. The smallest absolute Gasteiger partial charge is 0.241 e. The average molecular weight is 154 g/mol. The Morgan fingerprint density at radius 2 is 2.64 bits per heavy atom. The number of nitrogens with two attached hydrogens (primary N) is 1. The van der Waals surface area contributed by atoms with Gasteiger partial charge in [-0.15, -0.1) is 0 Å². The topological polar surface area (TPSA) is 83.8 Å². The highest BCUT2D eigenvalue weighted by atomic mass is 16.2. The maximum absolute atomic E-state index is 10.9. The Morgan fingerprint density at radius 3 is 3.09 bits per heavy atom. The molecule has 0 fully saturated rings. The van der Waals surface area contributed by atoms with Crippen molar-refractivity contribution in [3.05, 3.63) is 12.4 Å². The van der Waals surface area contributed by atoms with E-state index >= 15 is 0 Å². The van der Waals surface area contributed by atoms with E-state index in [1.807, 2.05) is 0 Å². The van der Waals surface area contributed by atoms with E-state index in [0.29, 0.717) is 5.69 Å². The highest BCUT2D eigenvalue weighted by Crippen LogP contribution is 2.00. The van der Waals surface area contributed by atoms with Crippen molar-refractivity contribution in [3.63, 3.8) is 0 Å². The van der Waals surface area contributed by atoms with E-state index in [4.69, 9.17) is 5.73 Å². The number of aromatic nitrogens is 2. The molecule has 0 saturated heterocycles. The second kappa shape index (κ2) is 3.16. The minimum Gasteiger partial charge on any atom is -0.322 e. The molecule has 5 nitrogen and oxygen atoms in total. The predicted octanol–water partition coefficient (Wildman–Crippen LogP) is -0.305. The molecule has 0 spiro atoms. The monoisotopic (exact) mass is 154 g/mol. The Hall–Kier alpha value is -1.36. The molecular weight excluding hydrogens is 144 g/mol. The van der Waals surface area contributed by atoms with Gasteiger partial charge in [-0.2, -0.15) is 5.10 Å². The van der Waals surface area contributed by atoms with Crippen LogP contribution in [0.1, 0.15) is 6.92 Å². The van der Waals surface area contributed by atoms with E-state index in [2.05, 4.69) is 15.5 Å². The molecule has 0 unspecified atom stereocenters. The summed E-state index contributed by atoms with van der Waals surface area (Å²) >= 11 is 0. The van der Waals surface area contributed by atoms with Crippen LogP contribution in [-0.2, 0) is 4.79 Å². The van der Waals surface area contributed by atoms with Gasteiger partial charge in [0.1, 0.15) is 0 Å². The van der Waals surface area contributed by atoms with E-state index in [9.17, 15) is 4.79 Å².